The topological polar surface area (TPSA) is 164 Å². The molecule has 3 atom stereocenters. The van der Waals surface area contributed by atoms with E-state index in [9.17, 15) is 32.7 Å². The predicted octanol–water partition coefficient (Wildman–Crippen LogP) is -0.753. The number of rotatable bonds is 7. The van der Waals surface area contributed by atoms with Crippen LogP contribution in [-0.4, -0.2) is 70.7 Å². The van der Waals surface area contributed by atoms with E-state index >= 15 is 0 Å². The van der Waals surface area contributed by atoms with Gasteiger partial charge in [0.05, 0.1) is 0 Å². The molecule has 194 valence electrons. The highest BCUT2D eigenvalue weighted by Gasteiger charge is 2.44. The van der Waals surface area contributed by atoms with E-state index in [-0.39, 0.29) is 23.6 Å². The summed E-state index contributed by atoms with van der Waals surface area (Å²) in [5, 5.41) is 20.8. The van der Waals surface area contributed by atoms with E-state index < -0.39 is 36.3 Å². The normalized spacial score (nSPS) is 19.4. The highest BCUT2D eigenvalue weighted by atomic mass is 19.4. The van der Waals surface area contributed by atoms with Crippen molar-refractivity contribution < 1.29 is 53.0 Å². The van der Waals surface area contributed by atoms with Crippen LogP contribution in [0, 0.1) is 0 Å². The van der Waals surface area contributed by atoms with Crippen molar-refractivity contribution in [3.63, 3.8) is 0 Å². The van der Waals surface area contributed by atoms with Crippen LogP contribution in [0.2, 0.25) is 0 Å². The number of hydrogen-bond acceptors (Lipinski definition) is 6. The van der Waals surface area contributed by atoms with Gasteiger partial charge in [-0.25, -0.2) is 4.79 Å². The second-order valence-corrected chi connectivity index (χ2v) is 7.91. The van der Waals surface area contributed by atoms with Crippen LogP contribution in [0.15, 0.2) is 42.2 Å². The number of nitrogens with zero attached hydrogens (tertiary/aromatic N) is 1. The Bertz CT molecular complexity index is 936. The van der Waals surface area contributed by atoms with E-state index in [0.717, 1.165) is 5.56 Å². The Labute approximate surface area is 199 Å². The van der Waals surface area contributed by atoms with Crippen LogP contribution < -0.4 is 16.2 Å². The summed E-state index contributed by atoms with van der Waals surface area (Å²) >= 11 is 0. The first kappa shape index (κ1) is 29.4. The van der Waals surface area contributed by atoms with Crippen molar-refractivity contribution in [3.8, 4) is 0 Å². The number of ether oxygens (including phenoxy) is 1. The molecule has 0 saturated heterocycles. The van der Waals surface area contributed by atoms with Crippen molar-refractivity contribution in [2.45, 2.75) is 57.6 Å². The zero-order valence-corrected chi connectivity index (χ0v) is 19.4. The lowest BCUT2D eigenvalue weighted by Crippen LogP contribution is -2.74. The van der Waals surface area contributed by atoms with Crippen LogP contribution in [0.4, 0.5) is 13.2 Å². The molecule has 0 fully saturated rings. The van der Waals surface area contributed by atoms with Crippen molar-refractivity contribution in [2.24, 2.45) is 0 Å². The maximum Gasteiger partial charge on any atom is 0.430 e. The summed E-state index contributed by atoms with van der Waals surface area (Å²) in [4.78, 5) is 46.7. The number of aliphatic carboxylic acids is 2. The fourth-order valence-electron chi connectivity index (χ4n) is 3.20. The highest BCUT2D eigenvalue weighted by molar-refractivity contribution is 5.88. The number of carbonyl (C=O) groups is 4. The Morgan fingerprint density at radius 1 is 1.20 bits per heavy atom. The Kier molecular flexibility index (Phi) is 10.7. The number of carbonyl (C=O) groups excluding carboxylic acids is 3. The second-order valence-electron chi connectivity index (χ2n) is 7.91. The Morgan fingerprint density at radius 3 is 2.17 bits per heavy atom. The quantitative estimate of drug-likeness (QED) is 0.441. The molecule has 1 aromatic carbocycles. The number of nitrogens with one attached hydrogen (secondary N) is 1. The van der Waals surface area contributed by atoms with Gasteiger partial charge in [0.25, 0.3) is 5.91 Å². The molecule has 1 heterocycles. The molecule has 2 rings (SSSR count). The van der Waals surface area contributed by atoms with E-state index in [1.54, 1.807) is 4.90 Å². The molecule has 0 aromatic heterocycles. The molecule has 1 aromatic rings. The van der Waals surface area contributed by atoms with Gasteiger partial charge in [-0.1, -0.05) is 30.3 Å². The molecular weight excluding hydrogens is 475 g/mol. The van der Waals surface area contributed by atoms with E-state index in [4.69, 9.17) is 14.6 Å². The van der Waals surface area contributed by atoms with Crippen LogP contribution in [0.3, 0.4) is 0 Å². The smallest absolute Gasteiger partial charge is 0.430 e. The Balaban J connectivity index is 0.000000762. The van der Waals surface area contributed by atoms with Gasteiger partial charge in [-0.15, -0.1) is 0 Å². The maximum absolute atomic E-state index is 13.3. The monoisotopic (exact) mass is 503 g/mol. The van der Waals surface area contributed by atoms with Gasteiger partial charge >= 0.3 is 12.1 Å². The maximum atomic E-state index is 13.3. The number of hydrogen-bond donors (Lipinski definition) is 3. The molecule has 1 aliphatic heterocycles. The summed E-state index contributed by atoms with van der Waals surface area (Å²) in [6.07, 6.45) is -4.38. The average molecular weight is 503 g/mol. The van der Waals surface area contributed by atoms with Gasteiger partial charge in [0.2, 0.25) is 17.8 Å². The number of halogens is 3. The van der Waals surface area contributed by atoms with E-state index in [0.29, 0.717) is 13.0 Å². The number of carboxylic acids is 2. The van der Waals surface area contributed by atoms with Gasteiger partial charge in [0, 0.05) is 25.6 Å². The third-order valence-corrected chi connectivity index (χ3v) is 4.85. The van der Waals surface area contributed by atoms with Crippen LogP contribution >= 0.6 is 0 Å². The molecule has 0 saturated carbocycles. The third kappa shape index (κ3) is 9.27. The van der Waals surface area contributed by atoms with Crippen molar-refractivity contribution in [3.05, 3.63) is 47.7 Å². The molecular formula is C22H28F3N3O7. The van der Waals surface area contributed by atoms with Gasteiger partial charge in [-0.2, -0.15) is 13.2 Å². The number of carboxylic acid groups (broad SMARTS) is 2. The largest absolute Gasteiger partial charge is 0.542 e. The van der Waals surface area contributed by atoms with Crippen molar-refractivity contribution in [1.82, 2.24) is 10.2 Å². The lowest BCUT2D eigenvalue weighted by atomic mass is 9.97. The second kappa shape index (κ2) is 12.7. The van der Waals surface area contributed by atoms with Crippen molar-refractivity contribution in [2.75, 3.05) is 6.54 Å². The van der Waals surface area contributed by atoms with Gasteiger partial charge in [-0.3, -0.25) is 9.59 Å². The molecule has 0 radical (unpaired) electrons. The molecule has 0 bridgehead atoms. The van der Waals surface area contributed by atoms with Crippen LogP contribution in [-0.2, 0) is 30.3 Å². The van der Waals surface area contributed by atoms with Gasteiger partial charge in [-0.05, 0) is 25.8 Å². The lowest BCUT2D eigenvalue weighted by Gasteiger charge is -2.37. The van der Waals surface area contributed by atoms with E-state index in [1.807, 2.05) is 44.2 Å². The minimum atomic E-state index is -5.19. The van der Waals surface area contributed by atoms with Crippen LogP contribution in [0.5, 0.6) is 0 Å². The molecule has 0 unspecified atom stereocenters. The van der Waals surface area contributed by atoms with Crippen LogP contribution in [0.25, 0.3) is 0 Å². The van der Waals surface area contributed by atoms with Crippen molar-refractivity contribution >= 4 is 23.8 Å². The summed E-state index contributed by atoms with van der Waals surface area (Å²) < 4.78 is 37.0. The Morgan fingerprint density at radius 2 is 1.74 bits per heavy atom. The molecule has 13 heteroatoms. The summed E-state index contributed by atoms with van der Waals surface area (Å²) in [6.45, 7) is 5.55. The number of benzene rings is 1. The number of amides is 2. The first-order chi connectivity index (χ1) is 16.1. The summed E-state index contributed by atoms with van der Waals surface area (Å²) in [5.74, 6) is -5.31. The van der Waals surface area contributed by atoms with Crippen LogP contribution in [0.1, 0.15) is 26.3 Å². The minimum Gasteiger partial charge on any atom is -0.542 e. The Hall–Kier alpha value is -3.61. The van der Waals surface area contributed by atoms with Gasteiger partial charge < -0.3 is 35.7 Å². The molecule has 0 spiro atoms. The SMILES string of the molecule is CC(=O)N[C@@H]1[C@@H]([NH3+])C=C(C(=O)O)O[C@H]1C(=O)N(CCc1ccccc1)C(C)C.O=C([O-])C(F)(F)F. The number of alkyl halides is 3. The van der Waals surface area contributed by atoms with E-state index in [2.05, 4.69) is 11.1 Å². The molecule has 5 N–H and O–H groups in total. The molecule has 2 amide bonds. The average Bonchev–Trinajstić information content (AvgIpc) is 2.74. The van der Waals surface area contributed by atoms with Gasteiger partial charge in [0.1, 0.15) is 18.1 Å². The fraction of sp³-hybridized carbons (Fsp3) is 0.455. The highest BCUT2D eigenvalue weighted by Crippen LogP contribution is 2.20. The first-order valence-electron chi connectivity index (χ1n) is 10.5. The zero-order chi connectivity index (χ0) is 26.9. The van der Waals surface area contributed by atoms with Gasteiger partial charge in [0.15, 0.2) is 0 Å². The lowest BCUT2D eigenvalue weighted by molar-refractivity contribution is -0.414. The van der Waals surface area contributed by atoms with E-state index in [1.165, 1.54) is 13.0 Å². The molecule has 10 nitrogen and oxygen atoms in total. The summed E-state index contributed by atoms with van der Waals surface area (Å²) in [5.41, 5.74) is 4.98. The summed E-state index contributed by atoms with van der Waals surface area (Å²) in [6, 6.07) is 8.29. The third-order valence-electron chi connectivity index (χ3n) is 4.85. The fourth-order valence-corrected chi connectivity index (χ4v) is 3.20. The van der Waals surface area contributed by atoms with Crippen molar-refractivity contribution in [1.29, 1.82) is 0 Å². The zero-order valence-electron chi connectivity index (χ0n) is 19.4. The predicted molar refractivity (Wildman–Crippen MR) is 113 cm³/mol. The minimum absolute atomic E-state index is 0.125. The summed E-state index contributed by atoms with van der Waals surface area (Å²) in [7, 11) is 0. The standard InChI is InChI=1S/C20H27N3O5.C2HF3O2/c1-12(2)23(10-9-14-7-5-4-6-8-14)19(25)18-17(22-13(3)24)15(21)11-16(28-18)20(26)27;3-2(4,5)1(6)7/h4-8,11-12,15,17-18H,9-10,21H2,1-3H3,(H,22,24)(H,26,27);(H,6,7)/t15-,17+,18+;/m0./s1. The first-order valence-corrected chi connectivity index (χ1v) is 10.5. The molecule has 35 heavy (non-hydrogen) atoms. The molecule has 1 aliphatic rings. The molecule has 0 aliphatic carbocycles. The number of quaternary nitrogens is 1.